The molecule has 0 radical (unpaired) electrons. The second kappa shape index (κ2) is 4.78. The molecule has 0 amide bonds. The van der Waals surface area contributed by atoms with Crippen LogP contribution in [-0.4, -0.2) is 13.1 Å². The summed E-state index contributed by atoms with van der Waals surface area (Å²) < 4.78 is 4.81. The van der Waals surface area contributed by atoms with Gasteiger partial charge in [0.15, 0.2) is 6.19 Å². The second-order valence-corrected chi connectivity index (χ2v) is 2.19. The molecule has 0 heterocycles. The summed E-state index contributed by atoms with van der Waals surface area (Å²) in [5, 5.41) is 10.6. The average molecular weight is 175 g/mol. The minimum absolute atomic E-state index is 0.189. The van der Waals surface area contributed by atoms with E-state index in [2.05, 4.69) is 10.3 Å². The molecule has 0 aliphatic carbocycles. The van der Waals surface area contributed by atoms with Gasteiger partial charge in [-0.1, -0.05) is 18.2 Å². The number of hydrogen-bond donors (Lipinski definition) is 1. The van der Waals surface area contributed by atoms with Gasteiger partial charge in [0.25, 0.3) is 0 Å². The molecule has 0 saturated carbocycles. The Balaban J connectivity index is 2.80. The Labute approximate surface area is 76.5 Å². The number of benzene rings is 1. The Morgan fingerprint density at radius 2 is 2.15 bits per heavy atom. The highest BCUT2D eigenvalue weighted by molar-refractivity contribution is 5.78. The highest BCUT2D eigenvalue weighted by atomic mass is 16.5. The molecule has 0 saturated heterocycles. The Morgan fingerprint density at radius 3 is 2.69 bits per heavy atom. The first kappa shape index (κ1) is 9.07. The van der Waals surface area contributed by atoms with Crippen LogP contribution in [0.25, 0.3) is 0 Å². The average Bonchev–Trinajstić information content (AvgIpc) is 2.19. The van der Waals surface area contributed by atoms with Gasteiger partial charge in [-0.25, -0.2) is 5.32 Å². The quantitative estimate of drug-likeness (QED) is 0.303. The zero-order valence-corrected chi connectivity index (χ0v) is 7.19. The summed E-state index contributed by atoms with van der Waals surface area (Å²) in [7, 11) is 1.45. The van der Waals surface area contributed by atoms with Crippen LogP contribution in [0.4, 0.5) is 5.69 Å². The largest absolute Gasteiger partial charge is 0.468 e. The van der Waals surface area contributed by atoms with E-state index in [-0.39, 0.29) is 6.02 Å². The zero-order chi connectivity index (χ0) is 9.52. The smallest absolute Gasteiger partial charge is 0.303 e. The molecule has 0 unspecified atom stereocenters. The monoisotopic (exact) mass is 175 g/mol. The van der Waals surface area contributed by atoms with Crippen LogP contribution < -0.4 is 5.32 Å². The SMILES string of the molecule is COC(=Nc1ccccc1)NC#N. The first-order valence-electron chi connectivity index (χ1n) is 3.69. The summed E-state index contributed by atoms with van der Waals surface area (Å²) in [6, 6.07) is 9.43. The van der Waals surface area contributed by atoms with E-state index >= 15 is 0 Å². The summed E-state index contributed by atoms with van der Waals surface area (Å²) in [6.45, 7) is 0. The van der Waals surface area contributed by atoms with Crippen molar-refractivity contribution in [3.8, 4) is 6.19 Å². The predicted octanol–water partition coefficient (Wildman–Crippen LogP) is 1.39. The summed E-state index contributed by atoms with van der Waals surface area (Å²) in [5.41, 5.74) is 0.738. The van der Waals surface area contributed by atoms with E-state index < -0.39 is 0 Å². The number of hydrogen-bond acceptors (Lipinski definition) is 3. The molecular weight excluding hydrogens is 166 g/mol. The number of methoxy groups -OCH3 is 1. The zero-order valence-electron chi connectivity index (χ0n) is 7.19. The molecule has 66 valence electrons. The van der Waals surface area contributed by atoms with E-state index in [0.29, 0.717) is 0 Å². The van der Waals surface area contributed by atoms with Crippen molar-refractivity contribution in [2.75, 3.05) is 7.11 Å². The maximum atomic E-state index is 8.32. The fraction of sp³-hybridized carbons (Fsp3) is 0.111. The number of para-hydroxylation sites is 1. The number of rotatable bonds is 1. The minimum Gasteiger partial charge on any atom is -0.468 e. The van der Waals surface area contributed by atoms with Crippen molar-refractivity contribution in [2.24, 2.45) is 4.99 Å². The molecule has 0 aromatic heterocycles. The molecular formula is C9H9N3O. The standard InChI is InChI=1S/C9H9N3O/c1-13-9(11-7-10)12-8-5-3-2-4-6-8/h2-6H,1H3,(H,11,12). The molecule has 1 N–H and O–H groups in total. The van der Waals surface area contributed by atoms with Crippen molar-refractivity contribution in [3.63, 3.8) is 0 Å². The van der Waals surface area contributed by atoms with E-state index in [9.17, 15) is 0 Å². The van der Waals surface area contributed by atoms with Gasteiger partial charge in [-0.05, 0) is 12.1 Å². The number of ether oxygens (including phenoxy) is 1. The molecule has 1 aromatic rings. The van der Waals surface area contributed by atoms with Crippen LogP contribution in [0.15, 0.2) is 35.3 Å². The van der Waals surface area contributed by atoms with Crippen molar-refractivity contribution in [1.29, 1.82) is 5.26 Å². The van der Waals surface area contributed by atoms with Crippen molar-refractivity contribution in [1.82, 2.24) is 5.32 Å². The summed E-state index contributed by atoms with van der Waals surface area (Å²) >= 11 is 0. The highest BCUT2D eigenvalue weighted by Crippen LogP contribution is 2.09. The third-order valence-electron chi connectivity index (χ3n) is 1.34. The van der Waals surface area contributed by atoms with Crippen molar-refractivity contribution >= 4 is 11.7 Å². The summed E-state index contributed by atoms with van der Waals surface area (Å²) in [6.07, 6.45) is 1.73. The fourth-order valence-corrected chi connectivity index (χ4v) is 0.792. The van der Waals surface area contributed by atoms with Crippen LogP contribution in [0.3, 0.4) is 0 Å². The van der Waals surface area contributed by atoms with Gasteiger partial charge in [-0.15, -0.1) is 0 Å². The number of nitriles is 1. The lowest BCUT2D eigenvalue weighted by molar-refractivity contribution is 0.389. The van der Waals surface area contributed by atoms with Gasteiger partial charge >= 0.3 is 6.02 Å². The molecule has 1 aromatic carbocycles. The third-order valence-corrected chi connectivity index (χ3v) is 1.34. The maximum Gasteiger partial charge on any atom is 0.303 e. The Bertz CT molecular complexity index is 326. The molecule has 1 rings (SSSR count). The molecule has 0 bridgehead atoms. The molecule has 13 heavy (non-hydrogen) atoms. The van der Waals surface area contributed by atoms with Crippen LogP contribution >= 0.6 is 0 Å². The van der Waals surface area contributed by atoms with E-state index in [1.165, 1.54) is 7.11 Å². The molecule has 4 heteroatoms. The van der Waals surface area contributed by atoms with Gasteiger partial charge < -0.3 is 4.74 Å². The summed E-state index contributed by atoms with van der Waals surface area (Å²) in [4.78, 5) is 4.03. The first-order chi connectivity index (χ1) is 6.36. The minimum atomic E-state index is 0.189. The normalized spacial score (nSPS) is 10.3. The van der Waals surface area contributed by atoms with E-state index in [1.54, 1.807) is 6.19 Å². The predicted molar refractivity (Wildman–Crippen MR) is 49.3 cm³/mol. The van der Waals surface area contributed by atoms with Crippen LogP contribution in [-0.2, 0) is 4.74 Å². The molecule has 4 nitrogen and oxygen atoms in total. The summed E-state index contributed by atoms with van der Waals surface area (Å²) in [5.74, 6) is 0. The molecule has 0 aliphatic heterocycles. The van der Waals surface area contributed by atoms with Gasteiger partial charge in [0.1, 0.15) is 0 Å². The van der Waals surface area contributed by atoms with Crippen LogP contribution in [0.5, 0.6) is 0 Å². The number of nitrogens with zero attached hydrogens (tertiary/aromatic N) is 2. The number of nitrogens with one attached hydrogen (secondary N) is 1. The number of aliphatic imine (C=N–C) groups is 1. The van der Waals surface area contributed by atoms with Crippen LogP contribution in [0.2, 0.25) is 0 Å². The van der Waals surface area contributed by atoms with Gasteiger partial charge in [0.2, 0.25) is 0 Å². The topological polar surface area (TPSA) is 57.4 Å². The fourth-order valence-electron chi connectivity index (χ4n) is 0.792. The Hall–Kier alpha value is -2.02. The Kier molecular flexibility index (Phi) is 3.33. The van der Waals surface area contributed by atoms with E-state index in [0.717, 1.165) is 5.69 Å². The Morgan fingerprint density at radius 1 is 1.46 bits per heavy atom. The lowest BCUT2D eigenvalue weighted by Gasteiger charge is -2.00. The third kappa shape index (κ3) is 2.83. The lowest BCUT2D eigenvalue weighted by atomic mass is 10.3. The van der Waals surface area contributed by atoms with Gasteiger partial charge in [-0.3, -0.25) is 0 Å². The molecule has 0 atom stereocenters. The molecule has 0 aliphatic rings. The highest BCUT2D eigenvalue weighted by Gasteiger charge is 1.94. The van der Waals surface area contributed by atoms with E-state index in [1.807, 2.05) is 30.3 Å². The lowest BCUT2D eigenvalue weighted by Crippen LogP contribution is -2.18. The van der Waals surface area contributed by atoms with Crippen LogP contribution in [0.1, 0.15) is 0 Å². The van der Waals surface area contributed by atoms with Crippen molar-refractivity contribution in [3.05, 3.63) is 30.3 Å². The van der Waals surface area contributed by atoms with Crippen molar-refractivity contribution < 1.29 is 4.74 Å². The number of amidine groups is 1. The second-order valence-electron chi connectivity index (χ2n) is 2.19. The van der Waals surface area contributed by atoms with Crippen molar-refractivity contribution in [2.45, 2.75) is 0 Å². The van der Waals surface area contributed by atoms with Gasteiger partial charge in [0, 0.05) is 0 Å². The first-order valence-corrected chi connectivity index (χ1v) is 3.69. The van der Waals surface area contributed by atoms with Crippen LogP contribution in [0, 0.1) is 11.5 Å². The maximum absolute atomic E-state index is 8.32. The molecule has 0 spiro atoms. The van der Waals surface area contributed by atoms with Gasteiger partial charge in [0.05, 0.1) is 12.8 Å². The molecule has 0 fully saturated rings. The van der Waals surface area contributed by atoms with Gasteiger partial charge in [-0.2, -0.15) is 10.3 Å². The van der Waals surface area contributed by atoms with E-state index in [4.69, 9.17) is 10.00 Å².